The molecule has 0 saturated heterocycles. The van der Waals surface area contributed by atoms with E-state index in [1.165, 1.54) is 53.3 Å². The zero-order valence-corrected chi connectivity index (χ0v) is 16.6. The lowest BCUT2D eigenvalue weighted by molar-refractivity contribution is -0.384. The molecule has 0 aliphatic rings. The van der Waals surface area contributed by atoms with Crippen LogP contribution in [-0.4, -0.2) is 30.8 Å². The predicted octanol–water partition coefficient (Wildman–Crippen LogP) is 4.06. The molecule has 0 aliphatic heterocycles. The van der Waals surface area contributed by atoms with Crippen LogP contribution < -0.4 is 10.1 Å². The van der Waals surface area contributed by atoms with Crippen LogP contribution >= 0.6 is 0 Å². The first kappa shape index (κ1) is 20.6. The highest BCUT2D eigenvalue weighted by molar-refractivity contribution is 6.03. The summed E-state index contributed by atoms with van der Waals surface area (Å²) < 4.78 is 19.8. The van der Waals surface area contributed by atoms with Gasteiger partial charge in [0.15, 0.2) is 5.69 Å². The summed E-state index contributed by atoms with van der Waals surface area (Å²) in [6.45, 7) is 1.63. The van der Waals surface area contributed by atoms with Crippen molar-refractivity contribution in [1.29, 1.82) is 0 Å². The molecule has 0 saturated carbocycles. The van der Waals surface area contributed by atoms with Crippen molar-refractivity contribution in [3.05, 3.63) is 94.2 Å². The van der Waals surface area contributed by atoms with Crippen LogP contribution in [0.25, 0.3) is 5.69 Å². The lowest BCUT2D eigenvalue weighted by Gasteiger charge is -2.07. The maximum absolute atomic E-state index is 13.0. The van der Waals surface area contributed by atoms with E-state index in [4.69, 9.17) is 4.74 Å². The predicted molar refractivity (Wildman–Crippen MR) is 111 cm³/mol. The molecule has 4 rings (SSSR count). The van der Waals surface area contributed by atoms with Gasteiger partial charge < -0.3 is 10.1 Å². The second-order valence-electron chi connectivity index (χ2n) is 6.61. The number of nitrogens with zero attached hydrogens (tertiary/aromatic N) is 5. The number of carbonyl (C=O) groups excluding carboxylic acids is 1. The summed E-state index contributed by atoms with van der Waals surface area (Å²) in [6.07, 6.45) is 1.40. The molecule has 2 aromatic heterocycles. The van der Waals surface area contributed by atoms with E-state index >= 15 is 0 Å². The Balaban J connectivity index is 1.47. The number of rotatable bonds is 6. The molecule has 0 atom stereocenters. The maximum atomic E-state index is 13.0. The van der Waals surface area contributed by atoms with Crippen molar-refractivity contribution in [3.63, 3.8) is 0 Å². The zero-order valence-electron chi connectivity index (χ0n) is 16.6. The fourth-order valence-electron chi connectivity index (χ4n) is 2.85. The Kier molecular flexibility index (Phi) is 5.53. The van der Waals surface area contributed by atoms with Crippen LogP contribution in [0.4, 0.5) is 15.8 Å². The number of ether oxygens (including phenoxy) is 1. The molecular formula is C21H15FN6O4. The molecule has 11 heteroatoms. The van der Waals surface area contributed by atoms with Crippen molar-refractivity contribution >= 4 is 17.3 Å². The Hall–Kier alpha value is -4.67. The van der Waals surface area contributed by atoms with Gasteiger partial charge in [0.1, 0.15) is 11.6 Å². The van der Waals surface area contributed by atoms with Gasteiger partial charge in [0.25, 0.3) is 11.6 Å². The largest absolute Gasteiger partial charge is 0.439 e. The van der Waals surface area contributed by atoms with Crippen molar-refractivity contribution in [2.45, 2.75) is 6.92 Å². The molecule has 160 valence electrons. The van der Waals surface area contributed by atoms with Crippen LogP contribution in [0.5, 0.6) is 11.6 Å². The minimum atomic E-state index is -0.520. The van der Waals surface area contributed by atoms with Gasteiger partial charge in [-0.15, -0.1) is 5.10 Å². The van der Waals surface area contributed by atoms with Crippen molar-refractivity contribution in [2.75, 3.05) is 5.32 Å². The molecule has 0 spiro atoms. The average molecular weight is 434 g/mol. The summed E-state index contributed by atoms with van der Waals surface area (Å²) in [5.41, 5.74) is 1.17. The number of pyridine rings is 1. The van der Waals surface area contributed by atoms with Crippen molar-refractivity contribution in [2.24, 2.45) is 0 Å². The van der Waals surface area contributed by atoms with Gasteiger partial charge in [-0.3, -0.25) is 14.9 Å². The van der Waals surface area contributed by atoms with Crippen LogP contribution in [-0.2, 0) is 0 Å². The van der Waals surface area contributed by atoms with E-state index in [1.54, 1.807) is 25.1 Å². The van der Waals surface area contributed by atoms with Gasteiger partial charge in [-0.25, -0.2) is 14.1 Å². The number of hydrogen-bond donors (Lipinski definition) is 1. The first-order valence-corrected chi connectivity index (χ1v) is 9.28. The number of nitrogens with one attached hydrogen (secondary N) is 1. The molecule has 0 radical (unpaired) electrons. The van der Waals surface area contributed by atoms with E-state index < -0.39 is 10.8 Å². The molecule has 32 heavy (non-hydrogen) atoms. The van der Waals surface area contributed by atoms with Crippen molar-refractivity contribution in [1.82, 2.24) is 20.0 Å². The van der Waals surface area contributed by atoms with Crippen LogP contribution in [0, 0.1) is 22.9 Å². The monoisotopic (exact) mass is 434 g/mol. The number of non-ortho nitro benzene ring substituents is 1. The molecule has 0 bridgehead atoms. The SMILES string of the molecule is Cc1c(C(=O)Nc2ccc(Oc3ccc(F)cc3)nc2)nnn1-c1cccc([N+](=O)[O-])c1. The Bertz CT molecular complexity index is 1290. The number of amides is 1. The first-order chi connectivity index (χ1) is 15.4. The number of benzene rings is 2. The fourth-order valence-corrected chi connectivity index (χ4v) is 2.85. The molecule has 2 aromatic carbocycles. The summed E-state index contributed by atoms with van der Waals surface area (Å²) in [5.74, 6) is -0.208. The fraction of sp³-hybridized carbons (Fsp3) is 0.0476. The third-order valence-corrected chi connectivity index (χ3v) is 4.43. The summed E-state index contributed by atoms with van der Waals surface area (Å²) in [7, 11) is 0. The highest BCUT2D eigenvalue weighted by Gasteiger charge is 2.19. The molecule has 4 aromatic rings. The second kappa shape index (κ2) is 8.60. The maximum Gasteiger partial charge on any atom is 0.278 e. The van der Waals surface area contributed by atoms with Gasteiger partial charge in [0.2, 0.25) is 5.88 Å². The van der Waals surface area contributed by atoms with E-state index in [2.05, 4.69) is 20.6 Å². The van der Waals surface area contributed by atoms with Gasteiger partial charge in [0, 0.05) is 18.2 Å². The highest BCUT2D eigenvalue weighted by atomic mass is 19.1. The molecule has 0 fully saturated rings. The number of carbonyl (C=O) groups is 1. The van der Waals surface area contributed by atoms with Crippen molar-refractivity contribution < 1.29 is 18.8 Å². The molecule has 10 nitrogen and oxygen atoms in total. The third-order valence-electron chi connectivity index (χ3n) is 4.43. The first-order valence-electron chi connectivity index (χ1n) is 9.28. The number of anilines is 1. The van der Waals surface area contributed by atoms with E-state index in [0.29, 0.717) is 22.8 Å². The summed E-state index contributed by atoms with van der Waals surface area (Å²) in [6, 6.07) is 14.5. The zero-order chi connectivity index (χ0) is 22.7. The molecule has 2 heterocycles. The third kappa shape index (κ3) is 4.41. The van der Waals surface area contributed by atoms with Gasteiger partial charge in [-0.2, -0.15) is 0 Å². The lowest BCUT2D eigenvalue weighted by Crippen LogP contribution is -2.14. The van der Waals surface area contributed by atoms with E-state index in [9.17, 15) is 19.3 Å². The second-order valence-corrected chi connectivity index (χ2v) is 6.61. The van der Waals surface area contributed by atoms with Gasteiger partial charge in [-0.05, 0) is 43.3 Å². The van der Waals surface area contributed by atoms with Crippen LogP contribution in [0.1, 0.15) is 16.2 Å². The van der Waals surface area contributed by atoms with Crippen LogP contribution in [0.2, 0.25) is 0 Å². The number of nitro groups is 1. The van der Waals surface area contributed by atoms with E-state index in [1.807, 2.05) is 0 Å². The Morgan fingerprint density at radius 2 is 1.94 bits per heavy atom. The quantitative estimate of drug-likeness (QED) is 0.358. The molecule has 0 aliphatic carbocycles. The van der Waals surface area contributed by atoms with E-state index in [0.717, 1.165) is 0 Å². The van der Waals surface area contributed by atoms with Crippen LogP contribution in [0.15, 0.2) is 66.9 Å². The topological polar surface area (TPSA) is 125 Å². The van der Waals surface area contributed by atoms with Gasteiger partial charge in [0.05, 0.1) is 28.2 Å². The number of aromatic nitrogens is 4. The number of halogens is 1. The van der Waals surface area contributed by atoms with E-state index in [-0.39, 0.29) is 23.1 Å². The molecule has 1 amide bonds. The number of hydrogen-bond acceptors (Lipinski definition) is 7. The van der Waals surface area contributed by atoms with Gasteiger partial charge in [-0.1, -0.05) is 11.3 Å². The van der Waals surface area contributed by atoms with Gasteiger partial charge >= 0.3 is 0 Å². The molecular weight excluding hydrogens is 419 g/mol. The Labute approximate surface area is 180 Å². The minimum absolute atomic E-state index is 0.0585. The molecule has 1 N–H and O–H groups in total. The smallest absolute Gasteiger partial charge is 0.278 e. The standard InChI is InChI=1S/C21H15FN6O4/c1-13-20(25-26-27(13)16-3-2-4-17(11-16)28(30)31)21(29)24-15-7-10-19(23-12-15)32-18-8-5-14(22)6-9-18/h2-12H,1H3,(H,24,29). The minimum Gasteiger partial charge on any atom is -0.439 e. The Morgan fingerprint density at radius 3 is 2.62 bits per heavy atom. The summed E-state index contributed by atoms with van der Waals surface area (Å²) >= 11 is 0. The average Bonchev–Trinajstić information content (AvgIpc) is 3.18. The highest BCUT2D eigenvalue weighted by Crippen LogP contribution is 2.22. The Morgan fingerprint density at radius 1 is 1.16 bits per heavy atom. The molecule has 0 unspecified atom stereocenters. The summed E-state index contributed by atoms with van der Waals surface area (Å²) in [5, 5.41) is 21.5. The number of nitro benzene ring substituents is 1. The van der Waals surface area contributed by atoms with Crippen molar-refractivity contribution in [3.8, 4) is 17.3 Å². The van der Waals surface area contributed by atoms with Crippen LogP contribution in [0.3, 0.4) is 0 Å². The lowest BCUT2D eigenvalue weighted by atomic mass is 10.2. The summed E-state index contributed by atoms with van der Waals surface area (Å²) in [4.78, 5) is 27.2. The normalized spacial score (nSPS) is 10.6.